The van der Waals surface area contributed by atoms with Crippen molar-refractivity contribution in [2.24, 2.45) is 0 Å². The van der Waals surface area contributed by atoms with Crippen molar-refractivity contribution in [3.8, 4) is 0 Å². The maximum atomic E-state index is 4.32. The Bertz CT molecular complexity index is 448. The van der Waals surface area contributed by atoms with Gasteiger partial charge in [-0.2, -0.15) is 0 Å². The van der Waals surface area contributed by atoms with E-state index < -0.39 is 0 Å². The molecule has 0 bridgehead atoms. The molecule has 0 radical (unpaired) electrons. The van der Waals surface area contributed by atoms with Crippen LogP contribution in [0.2, 0.25) is 0 Å². The molecule has 0 amide bonds. The van der Waals surface area contributed by atoms with Crippen molar-refractivity contribution in [3.63, 3.8) is 0 Å². The molecule has 2 aromatic heterocycles. The number of nitrogens with zero attached hydrogens (tertiary/aromatic N) is 1. The molecule has 0 aliphatic carbocycles. The quantitative estimate of drug-likeness (QED) is 0.769. The van der Waals surface area contributed by atoms with Crippen LogP contribution in [0.15, 0.2) is 18.5 Å². The van der Waals surface area contributed by atoms with Gasteiger partial charge >= 0.3 is 0 Å². The molecular formula is C12H18N2. The number of fused-ring (bicyclic) bond motifs is 1. The van der Waals surface area contributed by atoms with Crippen molar-refractivity contribution >= 4 is 11.0 Å². The molecule has 76 valence electrons. The Morgan fingerprint density at radius 1 is 1.57 bits per heavy atom. The van der Waals surface area contributed by atoms with Gasteiger partial charge in [-0.15, -0.1) is 0 Å². The smallest absolute Gasteiger partial charge is 0.137 e. The van der Waals surface area contributed by atoms with Crippen molar-refractivity contribution in [1.29, 1.82) is 0 Å². The minimum atomic E-state index is 0. The summed E-state index contributed by atoms with van der Waals surface area (Å²) in [5.74, 6) is 0.606. The molecule has 0 spiro atoms. The zero-order valence-corrected chi connectivity index (χ0v) is 8.96. The van der Waals surface area contributed by atoms with Gasteiger partial charge in [0.2, 0.25) is 0 Å². The summed E-state index contributed by atoms with van der Waals surface area (Å²) in [5, 5.41) is 1.31. The zero-order valence-electron chi connectivity index (χ0n) is 8.96. The van der Waals surface area contributed by atoms with Gasteiger partial charge in [-0.05, 0) is 36.5 Å². The molecule has 2 rings (SSSR count). The van der Waals surface area contributed by atoms with Crippen LogP contribution in [0.4, 0.5) is 0 Å². The Hall–Kier alpha value is -1.31. The fourth-order valence-corrected chi connectivity index (χ4v) is 1.88. The number of pyridine rings is 1. The summed E-state index contributed by atoms with van der Waals surface area (Å²) in [6.07, 6.45) is 5.09. The van der Waals surface area contributed by atoms with E-state index in [1.54, 1.807) is 0 Å². The highest BCUT2D eigenvalue weighted by Gasteiger charge is 2.10. The monoisotopic (exact) mass is 190 g/mol. The van der Waals surface area contributed by atoms with Crippen molar-refractivity contribution in [3.05, 3.63) is 29.6 Å². The van der Waals surface area contributed by atoms with Gasteiger partial charge in [-0.25, -0.2) is 4.98 Å². The number of nitrogens with one attached hydrogen (secondary N) is 1. The minimum Gasteiger partial charge on any atom is -0.346 e. The Morgan fingerprint density at radius 2 is 2.36 bits per heavy atom. The fraction of sp³-hybridized carbons (Fsp3) is 0.417. The summed E-state index contributed by atoms with van der Waals surface area (Å²) in [4.78, 5) is 7.52. The first-order valence-electron chi connectivity index (χ1n) is 5.16. The zero-order chi connectivity index (χ0) is 10.1. The highest BCUT2D eigenvalue weighted by Crippen LogP contribution is 2.28. The molecule has 0 saturated carbocycles. The molecule has 0 aliphatic heterocycles. The summed E-state index contributed by atoms with van der Waals surface area (Å²) in [6.45, 7) is 6.62. The Balaban J connectivity index is 0.00000112. The van der Waals surface area contributed by atoms with Gasteiger partial charge in [0.05, 0.1) is 0 Å². The third-order valence-corrected chi connectivity index (χ3v) is 2.95. The van der Waals surface area contributed by atoms with E-state index >= 15 is 0 Å². The van der Waals surface area contributed by atoms with Gasteiger partial charge in [-0.3, -0.25) is 0 Å². The topological polar surface area (TPSA) is 28.7 Å². The van der Waals surface area contributed by atoms with Crippen LogP contribution >= 0.6 is 0 Å². The first-order chi connectivity index (χ1) is 6.74. The molecule has 1 N–H and O–H groups in total. The van der Waals surface area contributed by atoms with E-state index in [-0.39, 0.29) is 1.43 Å². The summed E-state index contributed by atoms with van der Waals surface area (Å²) < 4.78 is 0. The van der Waals surface area contributed by atoms with Crippen LogP contribution in [0.1, 0.15) is 38.7 Å². The van der Waals surface area contributed by atoms with E-state index in [1.165, 1.54) is 22.9 Å². The summed E-state index contributed by atoms with van der Waals surface area (Å²) >= 11 is 0. The predicted molar refractivity (Wildman–Crippen MR) is 61.7 cm³/mol. The molecule has 1 atom stereocenters. The van der Waals surface area contributed by atoms with Gasteiger partial charge in [0.25, 0.3) is 0 Å². The number of hydrogen-bond donors (Lipinski definition) is 1. The van der Waals surface area contributed by atoms with Gasteiger partial charge in [0, 0.05) is 19.2 Å². The third kappa shape index (κ3) is 1.31. The van der Waals surface area contributed by atoms with Crippen molar-refractivity contribution < 1.29 is 1.43 Å². The van der Waals surface area contributed by atoms with Crippen LogP contribution in [0.25, 0.3) is 11.0 Å². The molecule has 2 nitrogen and oxygen atoms in total. The SMILES string of the molecule is CCC(C)c1ccnc2[nH]cc(C)c12.[HH]. The van der Waals surface area contributed by atoms with E-state index in [1.807, 2.05) is 12.4 Å². The van der Waals surface area contributed by atoms with Crippen LogP contribution in [-0.4, -0.2) is 9.97 Å². The number of aromatic amines is 1. The molecule has 0 aliphatic rings. The lowest BCUT2D eigenvalue weighted by atomic mass is 9.95. The number of aryl methyl sites for hydroxylation is 1. The van der Waals surface area contributed by atoms with E-state index in [4.69, 9.17) is 0 Å². The number of H-pyrrole nitrogens is 1. The molecule has 2 aromatic rings. The van der Waals surface area contributed by atoms with Crippen LogP contribution in [0, 0.1) is 6.92 Å². The number of aromatic nitrogens is 2. The average molecular weight is 190 g/mol. The number of rotatable bonds is 2. The van der Waals surface area contributed by atoms with Gasteiger partial charge < -0.3 is 4.98 Å². The maximum Gasteiger partial charge on any atom is 0.137 e. The fourth-order valence-electron chi connectivity index (χ4n) is 1.88. The first-order valence-corrected chi connectivity index (χ1v) is 5.16. The lowest BCUT2D eigenvalue weighted by molar-refractivity contribution is 0.738. The highest BCUT2D eigenvalue weighted by atomic mass is 14.8. The molecule has 0 saturated heterocycles. The van der Waals surface area contributed by atoms with Gasteiger partial charge in [0.15, 0.2) is 0 Å². The average Bonchev–Trinajstić information content (AvgIpc) is 2.59. The summed E-state index contributed by atoms with van der Waals surface area (Å²) in [6, 6.07) is 2.14. The van der Waals surface area contributed by atoms with Crippen LogP contribution in [0.5, 0.6) is 0 Å². The van der Waals surface area contributed by atoms with E-state index in [9.17, 15) is 0 Å². The Morgan fingerprint density at radius 3 is 3.07 bits per heavy atom. The largest absolute Gasteiger partial charge is 0.346 e. The second kappa shape index (κ2) is 3.45. The first kappa shape index (κ1) is 9.25. The van der Waals surface area contributed by atoms with E-state index in [0.29, 0.717) is 5.92 Å². The standard InChI is InChI=1S/C12H16N2.H2/c1-4-8(2)10-5-6-13-12-11(10)9(3)7-14-12;/h5-8H,4H2,1-3H3,(H,13,14);1H. The molecule has 0 aromatic carbocycles. The van der Waals surface area contributed by atoms with Gasteiger partial charge in [0.1, 0.15) is 5.65 Å². The minimum absolute atomic E-state index is 0. The highest BCUT2D eigenvalue weighted by molar-refractivity contribution is 5.83. The van der Waals surface area contributed by atoms with Crippen molar-refractivity contribution in [2.45, 2.75) is 33.1 Å². The Labute approximate surface area is 85.9 Å². The number of hydrogen-bond acceptors (Lipinski definition) is 1. The van der Waals surface area contributed by atoms with E-state index in [0.717, 1.165) is 5.65 Å². The van der Waals surface area contributed by atoms with Gasteiger partial charge in [-0.1, -0.05) is 13.8 Å². The molecule has 2 heterocycles. The lowest BCUT2D eigenvalue weighted by Crippen LogP contribution is -1.93. The van der Waals surface area contributed by atoms with Crippen LogP contribution in [0.3, 0.4) is 0 Å². The Kier molecular flexibility index (Phi) is 2.28. The third-order valence-electron chi connectivity index (χ3n) is 2.95. The predicted octanol–water partition coefficient (Wildman–Crippen LogP) is 3.63. The van der Waals surface area contributed by atoms with Crippen molar-refractivity contribution in [1.82, 2.24) is 9.97 Å². The second-order valence-electron chi connectivity index (χ2n) is 3.90. The molecule has 2 heteroatoms. The summed E-state index contributed by atoms with van der Waals surface area (Å²) in [5.41, 5.74) is 3.72. The van der Waals surface area contributed by atoms with E-state index in [2.05, 4.69) is 36.8 Å². The van der Waals surface area contributed by atoms with Crippen molar-refractivity contribution in [2.75, 3.05) is 0 Å². The molecule has 1 unspecified atom stereocenters. The normalized spacial score (nSPS) is 13.4. The van der Waals surface area contributed by atoms with Crippen LogP contribution in [-0.2, 0) is 0 Å². The van der Waals surface area contributed by atoms with Crippen LogP contribution < -0.4 is 0 Å². The molecule has 0 fully saturated rings. The lowest BCUT2D eigenvalue weighted by Gasteiger charge is -2.10. The summed E-state index contributed by atoms with van der Waals surface area (Å²) in [7, 11) is 0. The molecule has 14 heavy (non-hydrogen) atoms. The maximum absolute atomic E-state index is 4.32. The second-order valence-corrected chi connectivity index (χ2v) is 3.90. The molecular weight excluding hydrogens is 172 g/mol.